The predicted octanol–water partition coefficient (Wildman–Crippen LogP) is 4.20. The number of rotatable bonds is 6. The molecule has 0 aromatic heterocycles. The Morgan fingerprint density at radius 1 is 1.36 bits per heavy atom. The molecule has 0 saturated heterocycles. The topological polar surface area (TPSA) is 46.5 Å². The molecule has 128 valence electrons. The van der Waals surface area contributed by atoms with Crippen molar-refractivity contribution in [2.45, 2.75) is 66.4 Å². The average Bonchev–Trinajstić information content (AvgIpc) is 2.41. The standard InChI is InChI=1S/C19H34O3/c1-7-18(21)22-12-15-9-8-14(10-17(15)20)16(13(2)3)11-19(4,5)6/h7,13-17,20H,1,8-12H2,2-6H3. The van der Waals surface area contributed by atoms with Crippen molar-refractivity contribution in [2.24, 2.45) is 29.1 Å². The highest BCUT2D eigenvalue weighted by Gasteiger charge is 2.36. The van der Waals surface area contributed by atoms with Crippen LogP contribution in [0.25, 0.3) is 0 Å². The van der Waals surface area contributed by atoms with Crippen molar-refractivity contribution in [3.8, 4) is 0 Å². The monoisotopic (exact) mass is 310 g/mol. The van der Waals surface area contributed by atoms with E-state index in [0.717, 1.165) is 19.3 Å². The summed E-state index contributed by atoms with van der Waals surface area (Å²) in [4.78, 5) is 11.2. The smallest absolute Gasteiger partial charge is 0.330 e. The van der Waals surface area contributed by atoms with E-state index in [9.17, 15) is 9.90 Å². The van der Waals surface area contributed by atoms with Crippen LogP contribution >= 0.6 is 0 Å². The second kappa shape index (κ2) is 8.14. The molecule has 0 heterocycles. The molecule has 0 spiro atoms. The lowest BCUT2D eigenvalue weighted by molar-refractivity contribution is -0.141. The van der Waals surface area contributed by atoms with Gasteiger partial charge < -0.3 is 9.84 Å². The van der Waals surface area contributed by atoms with Crippen molar-refractivity contribution in [3.63, 3.8) is 0 Å². The third-order valence-corrected chi connectivity index (χ3v) is 4.91. The van der Waals surface area contributed by atoms with E-state index in [1.54, 1.807) is 0 Å². The number of carbonyl (C=O) groups excluding carboxylic acids is 1. The predicted molar refractivity (Wildman–Crippen MR) is 90.4 cm³/mol. The minimum absolute atomic E-state index is 0.0719. The summed E-state index contributed by atoms with van der Waals surface area (Å²) in [5.41, 5.74) is 0.316. The normalized spacial score (nSPS) is 27.5. The lowest BCUT2D eigenvalue weighted by Crippen LogP contribution is -2.37. The Morgan fingerprint density at radius 3 is 2.45 bits per heavy atom. The molecule has 1 rings (SSSR count). The molecule has 0 aliphatic heterocycles. The highest BCUT2D eigenvalue weighted by atomic mass is 16.5. The molecule has 1 saturated carbocycles. The lowest BCUT2D eigenvalue weighted by atomic mass is 9.66. The van der Waals surface area contributed by atoms with Crippen LogP contribution in [0.15, 0.2) is 12.7 Å². The van der Waals surface area contributed by atoms with E-state index >= 15 is 0 Å². The number of aliphatic hydroxyl groups is 1. The summed E-state index contributed by atoms with van der Waals surface area (Å²) in [6.45, 7) is 15.2. The molecule has 1 N–H and O–H groups in total. The summed E-state index contributed by atoms with van der Waals surface area (Å²) in [5, 5.41) is 10.4. The van der Waals surface area contributed by atoms with E-state index in [2.05, 4.69) is 41.2 Å². The van der Waals surface area contributed by atoms with Gasteiger partial charge in [0.15, 0.2) is 0 Å². The van der Waals surface area contributed by atoms with E-state index < -0.39 is 5.97 Å². The molecule has 1 aliphatic rings. The molecule has 22 heavy (non-hydrogen) atoms. The van der Waals surface area contributed by atoms with Gasteiger partial charge in [0.2, 0.25) is 0 Å². The number of hydrogen-bond donors (Lipinski definition) is 1. The van der Waals surface area contributed by atoms with Crippen molar-refractivity contribution in [1.29, 1.82) is 0 Å². The van der Waals surface area contributed by atoms with Gasteiger partial charge in [0.1, 0.15) is 0 Å². The summed E-state index contributed by atoms with van der Waals surface area (Å²) in [6.07, 6.45) is 4.89. The third kappa shape index (κ3) is 6.12. The Labute approximate surface area is 136 Å². The van der Waals surface area contributed by atoms with Crippen LogP contribution in [0, 0.1) is 29.1 Å². The zero-order chi connectivity index (χ0) is 16.9. The van der Waals surface area contributed by atoms with Gasteiger partial charge >= 0.3 is 5.97 Å². The number of carbonyl (C=O) groups is 1. The van der Waals surface area contributed by atoms with Gasteiger partial charge in [0, 0.05) is 12.0 Å². The Bertz CT molecular complexity index is 367. The van der Waals surface area contributed by atoms with Crippen molar-refractivity contribution in [1.82, 2.24) is 0 Å². The number of esters is 1. The van der Waals surface area contributed by atoms with Crippen molar-refractivity contribution in [3.05, 3.63) is 12.7 Å². The van der Waals surface area contributed by atoms with Gasteiger partial charge in [-0.25, -0.2) is 4.79 Å². The summed E-state index contributed by atoms with van der Waals surface area (Å²) in [7, 11) is 0. The van der Waals surface area contributed by atoms with Gasteiger partial charge in [0.25, 0.3) is 0 Å². The van der Waals surface area contributed by atoms with Gasteiger partial charge in [-0.3, -0.25) is 0 Å². The first kappa shape index (κ1) is 19.2. The molecule has 3 nitrogen and oxygen atoms in total. The zero-order valence-electron chi connectivity index (χ0n) is 15.0. The van der Waals surface area contributed by atoms with Crippen molar-refractivity contribution < 1.29 is 14.6 Å². The van der Waals surface area contributed by atoms with E-state index in [0.29, 0.717) is 29.8 Å². The molecule has 0 bridgehead atoms. The van der Waals surface area contributed by atoms with Gasteiger partial charge in [-0.2, -0.15) is 0 Å². The van der Waals surface area contributed by atoms with E-state index in [4.69, 9.17) is 4.74 Å². The molecular formula is C19H34O3. The quantitative estimate of drug-likeness (QED) is 0.591. The maximum Gasteiger partial charge on any atom is 0.330 e. The largest absolute Gasteiger partial charge is 0.462 e. The molecule has 1 aliphatic carbocycles. The first-order valence-electron chi connectivity index (χ1n) is 8.61. The fourth-order valence-corrected chi connectivity index (χ4v) is 3.73. The molecule has 0 radical (unpaired) electrons. The highest BCUT2D eigenvalue weighted by molar-refractivity contribution is 5.81. The summed E-state index contributed by atoms with van der Waals surface area (Å²) in [5.74, 6) is 1.52. The third-order valence-electron chi connectivity index (χ3n) is 4.91. The number of aliphatic hydroxyl groups excluding tert-OH is 1. The van der Waals surface area contributed by atoms with E-state index in [1.165, 1.54) is 12.5 Å². The van der Waals surface area contributed by atoms with E-state index in [1.807, 2.05) is 0 Å². The van der Waals surface area contributed by atoms with Crippen molar-refractivity contribution >= 4 is 5.97 Å². The first-order chi connectivity index (χ1) is 10.1. The Kier molecular flexibility index (Phi) is 7.11. The molecule has 1 fully saturated rings. The molecule has 0 aromatic carbocycles. The van der Waals surface area contributed by atoms with Crippen LogP contribution in [0.1, 0.15) is 60.3 Å². The van der Waals surface area contributed by atoms with Crippen LogP contribution in [0.2, 0.25) is 0 Å². The maximum absolute atomic E-state index is 11.2. The van der Waals surface area contributed by atoms with Crippen molar-refractivity contribution in [2.75, 3.05) is 6.61 Å². The molecule has 0 amide bonds. The number of ether oxygens (including phenoxy) is 1. The summed E-state index contributed by atoms with van der Waals surface area (Å²) in [6, 6.07) is 0. The zero-order valence-corrected chi connectivity index (χ0v) is 15.0. The van der Waals surface area contributed by atoms with Crippen LogP contribution in [0.3, 0.4) is 0 Å². The Morgan fingerprint density at radius 2 is 2.00 bits per heavy atom. The van der Waals surface area contributed by atoms with Gasteiger partial charge in [0.05, 0.1) is 12.7 Å². The lowest BCUT2D eigenvalue weighted by Gasteiger charge is -2.41. The minimum atomic E-state index is -0.401. The molecule has 3 heteroatoms. The minimum Gasteiger partial charge on any atom is -0.462 e. The van der Waals surface area contributed by atoms with Gasteiger partial charge in [-0.15, -0.1) is 0 Å². The fourth-order valence-electron chi connectivity index (χ4n) is 3.73. The second-order valence-electron chi connectivity index (χ2n) is 8.41. The van der Waals surface area contributed by atoms with Crippen LogP contribution in [0.4, 0.5) is 0 Å². The van der Waals surface area contributed by atoms with Gasteiger partial charge in [-0.1, -0.05) is 41.2 Å². The van der Waals surface area contributed by atoms with Crippen LogP contribution < -0.4 is 0 Å². The molecule has 0 aromatic rings. The maximum atomic E-state index is 11.2. The highest BCUT2D eigenvalue weighted by Crippen LogP contribution is 2.42. The first-order valence-corrected chi connectivity index (χ1v) is 8.61. The van der Waals surface area contributed by atoms with E-state index in [-0.39, 0.29) is 12.0 Å². The number of hydrogen-bond acceptors (Lipinski definition) is 3. The van der Waals surface area contributed by atoms with Crippen LogP contribution in [-0.2, 0) is 9.53 Å². The Balaban J connectivity index is 2.59. The van der Waals surface area contributed by atoms with Gasteiger partial charge in [-0.05, 0) is 48.9 Å². The molecular weight excluding hydrogens is 276 g/mol. The average molecular weight is 310 g/mol. The fraction of sp³-hybridized carbons (Fsp3) is 0.842. The molecule has 4 atom stereocenters. The summed E-state index contributed by atoms with van der Waals surface area (Å²) >= 11 is 0. The Hall–Kier alpha value is -0.830. The molecule has 4 unspecified atom stereocenters. The SMILES string of the molecule is C=CC(=O)OCC1CCC(C(CC(C)(C)C)C(C)C)CC1O. The van der Waals surface area contributed by atoms with Crippen LogP contribution in [-0.4, -0.2) is 23.8 Å². The summed E-state index contributed by atoms with van der Waals surface area (Å²) < 4.78 is 5.11. The second-order valence-corrected chi connectivity index (χ2v) is 8.41. The van der Waals surface area contributed by atoms with Crippen LogP contribution in [0.5, 0.6) is 0 Å².